The number of rotatable bonds is 10. The van der Waals surface area contributed by atoms with E-state index in [1.807, 2.05) is 6.92 Å². The van der Waals surface area contributed by atoms with Gasteiger partial charge >= 0.3 is 6.03 Å². The van der Waals surface area contributed by atoms with Gasteiger partial charge in [0.25, 0.3) is 0 Å². The van der Waals surface area contributed by atoms with E-state index in [4.69, 9.17) is 34.2 Å². The summed E-state index contributed by atoms with van der Waals surface area (Å²) in [5.74, 6) is 4.33. The third-order valence-corrected chi connectivity index (χ3v) is 8.30. The largest absolute Gasteiger partial charge is 0.493 e. The summed E-state index contributed by atoms with van der Waals surface area (Å²) in [5, 5.41) is 7.40. The molecule has 0 spiro atoms. The Balaban J connectivity index is 0.000000192. The molecule has 3 aromatic heterocycles. The van der Waals surface area contributed by atoms with E-state index < -0.39 is 0 Å². The van der Waals surface area contributed by atoms with E-state index in [1.54, 1.807) is 107 Å². The predicted molar refractivity (Wildman–Crippen MR) is 202 cm³/mol. The molecule has 4 aromatic carbocycles. The van der Waals surface area contributed by atoms with E-state index in [0.29, 0.717) is 79.2 Å². The van der Waals surface area contributed by atoms with E-state index >= 15 is 0 Å². The molecule has 0 fully saturated rings. The first-order chi connectivity index (χ1) is 25.8. The van der Waals surface area contributed by atoms with Gasteiger partial charge < -0.3 is 39.5 Å². The Hall–Kier alpha value is -6.94. The molecule has 2 amide bonds. The highest BCUT2D eigenvalue weighted by Gasteiger charge is 2.14. The molecular weight excluding hydrogens is 701 g/mol. The van der Waals surface area contributed by atoms with Crippen LogP contribution < -0.4 is 44.8 Å². The number of ether oxygens (including phenoxy) is 6. The van der Waals surface area contributed by atoms with Crippen molar-refractivity contribution < 1.29 is 33.2 Å². The first-order valence-corrected chi connectivity index (χ1v) is 16.6. The summed E-state index contributed by atoms with van der Waals surface area (Å²) >= 11 is 1.40. The maximum absolute atomic E-state index is 12.1. The average Bonchev–Trinajstić information content (AvgIpc) is 3.59. The minimum absolute atomic E-state index is 0.370. The summed E-state index contributed by atoms with van der Waals surface area (Å²) in [6, 6.07) is 20.8. The van der Waals surface area contributed by atoms with Crippen LogP contribution in [0.4, 0.5) is 21.3 Å². The van der Waals surface area contributed by atoms with E-state index in [9.17, 15) is 4.79 Å². The van der Waals surface area contributed by atoms with Crippen LogP contribution in [0.3, 0.4) is 0 Å². The molecule has 0 radical (unpaired) electrons. The third kappa shape index (κ3) is 8.69. The van der Waals surface area contributed by atoms with Crippen LogP contribution in [0, 0.1) is 6.92 Å². The van der Waals surface area contributed by atoms with Crippen LogP contribution >= 0.6 is 11.3 Å². The molecule has 4 N–H and O–H groups in total. The van der Waals surface area contributed by atoms with Crippen LogP contribution in [0.2, 0.25) is 0 Å². The summed E-state index contributed by atoms with van der Waals surface area (Å²) in [6.07, 6.45) is 4.57. The number of benzene rings is 4. The molecule has 0 atom stereocenters. The lowest BCUT2D eigenvalue weighted by molar-refractivity contribution is 0.262. The number of thiazole rings is 1. The van der Waals surface area contributed by atoms with Crippen LogP contribution in [-0.4, -0.2) is 59.4 Å². The Bertz CT molecular complexity index is 2360. The maximum Gasteiger partial charge on any atom is 0.325 e. The number of carbonyl (C=O) groups is 1. The minimum atomic E-state index is -0.370. The number of methoxy groups -OCH3 is 4. The van der Waals surface area contributed by atoms with Crippen molar-refractivity contribution in [3.63, 3.8) is 0 Å². The van der Waals surface area contributed by atoms with Gasteiger partial charge in [0.1, 0.15) is 24.2 Å². The maximum atomic E-state index is 12.1. The monoisotopic (exact) mass is 734 g/mol. The van der Waals surface area contributed by atoms with Crippen LogP contribution in [0.1, 0.15) is 4.88 Å². The van der Waals surface area contributed by atoms with Gasteiger partial charge in [-0.1, -0.05) is 0 Å². The van der Waals surface area contributed by atoms with Crippen molar-refractivity contribution in [2.75, 3.05) is 44.8 Å². The Morgan fingerprint density at radius 2 is 1.09 bits per heavy atom. The van der Waals surface area contributed by atoms with Crippen molar-refractivity contribution in [3.05, 3.63) is 96.5 Å². The number of amides is 2. The standard InChI is InChI=1S/C21H19N5O4S.C16H15N3O3/c1-12-10-22-21(31-12)26-20(27)25-13-4-6-14(7-5-13)30-19-15-8-17(28-2)18(29-3)9-16(15)23-11-24-19;1-20-14-7-12-13(8-15(14)21-2)18-9-19-16(12)22-11-5-3-10(17)4-6-11/h4-11H,1-3H3,(H2,22,25,26,27);3-9H,17H2,1-2H3. The van der Waals surface area contributed by atoms with Crippen molar-refractivity contribution >= 4 is 55.7 Å². The molecule has 3 heterocycles. The lowest BCUT2D eigenvalue weighted by Crippen LogP contribution is -2.19. The zero-order valence-corrected chi connectivity index (χ0v) is 30.1. The molecule has 7 rings (SSSR count). The molecule has 15 nitrogen and oxygen atoms in total. The van der Waals surface area contributed by atoms with E-state index in [2.05, 4.69) is 35.6 Å². The molecule has 16 heteroatoms. The topological polar surface area (TPSA) is 187 Å². The van der Waals surface area contributed by atoms with Crippen LogP contribution in [0.15, 0.2) is 91.6 Å². The number of hydrogen-bond donors (Lipinski definition) is 3. The molecule has 0 bridgehead atoms. The normalized spacial score (nSPS) is 10.5. The highest BCUT2D eigenvalue weighted by atomic mass is 32.1. The van der Waals surface area contributed by atoms with Gasteiger partial charge in [-0.15, -0.1) is 11.3 Å². The number of nitrogens with two attached hydrogens (primary N) is 1. The van der Waals surface area contributed by atoms with Crippen LogP contribution in [0.25, 0.3) is 21.8 Å². The summed E-state index contributed by atoms with van der Waals surface area (Å²) in [5.41, 5.74) is 8.32. The first-order valence-electron chi connectivity index (χ1n) is 15.8. The third-order valence-electron chi connectivity index (χ3n) is 7.47. The summed E-state index contributed by atoms with van der Waals surface area (Å²) in [7, 11) is 6.28. The van der Waals surface area contributed by atoms with E-state index in [-0.39, 0.29) is 6.03 Å². The van der Waals surface area contributed by atoms with Gasteiger partial charge in [-0.25, -0.2) is 29.7 Å². The molecule has 0 unspecified atom stereocenters. The van der Waals surface area contributed by atoms with E-state index in [1.165, 1.54) is 24.0 Å². The molecule has 0 aliphatic carbocycles. The number of carbonyl (C=O) groups excluding carboxylic acids is 1. The summed E-state index contributed by atoms with van der Waals surface area (Å²) in [6.45, 7) is 1.92. The van der Waals surface area contributed by atoms with Crippen molar-refractivity contribution in [2.24, 2.45) is 0 Å². The number of aryl methyl sites for hydroxylation is 1. The molecule has 0 saturated heterocycles. The second-order valence-corrected chi connectivity index (χ2v) is 12.2. The zero-order valence-electron chi connectivity index (χ0n) is 29.2. The highest BCUT2D eigenvalue weighted by molar-refractivity contribution is 7.15. The Morgan fingerprint density at radius 3 is 1.55 bits per heavy atom. The van der Waals surface area contributed by atoms with Crippen molar-refractivity contribution in [3.8, 4) is 46.3 Å². The van der Waals surface area contributed by atoms with E-state index in [0.717, 1.165) is 10.3 Å². The highest BCUT2D eigenvalue weighted by Crippen LogP contribution is 2.37. The summed E-state index contributed by atoms with van der Waals surface area (Å²) in [4.78, 5) is 34.2. The Kier molecular flexibility index (Phi) is 11.1. The lowest BCUT2D eigenvalue weighted by Gasteiger charge is -2.12. The molecule has 270 valence electrons. The van der Waals surface area contributed by atoms with Crippen LogP contribution in [0.5, 0.6) is 46.3 Å². The van der Waals surface area contributed by atoms with Crippen molar-refractivity contribution in [1.29, 1.82) is 0 Å². The molecule has 7 aromatic rings. The van der Waals surface area contributed by atoms with Gasteiger partial charge in [0.15, 0.2) is 28.1 Å². The predicted octanol–water partition coefficient (Wildman–Crippen LogP) is 7.87. The number of anilines is 3. The fraction of sp³-hybridized carbons (Fsp3) is 0.135. The smallest absolute Gasteiger partial charge is 0.325 e. The SMILES string of the molecule is COc1cc2ncnc(Oc3ccc(N)cc3)c2cc1OC.COc1cc2ncnc(Oc3ccc(NC(=O)Nc4ncc(C)s4)cc3)c2cc1OC. The van der Waals surface area contributed by atoms with Gasteiger partial charge in [-0.2, -0.15) is 0 Å². The quantitative estimate of drug-likeness (QED) is 0.115. The number of fused-ring (bicyclic) bond motifs is 2. The average molecular weight is 735 g/mol. The van der Waals surface area contributed by atoms with Crippen molar-refractivity contribution in [2.45, 2.75) is 6.92 Å². The van der Waals surface area contributed by atoms with Gasteiger partial charge in [-0.3, -0.25) is 5.32 Å². The lowest BCUT2D eigenvalue weighted by atomic mass is 10.2. The number of nitrogens with zero attached hydrogens (tertiary/aromatic N) is 5. The van der Waals surface area contributed by atoms with Gasteiger partial charge in [0.05, 0.1) is 50.2 Å². The second-order valence-electron chi connectivity index (χ2n) is 11.0. The van der Waals surface area contributed by atoms with Crippen LogP contribution in [-0.2, 0) is 0 Å². The molecule has 0 aliphatic rings. The Morgan fingerprint density at radius 1 is 0.623 bits per heavy atom. The Labute approximate surface area is 307 Å². The number of hydrogen-bond acceptors (Lipinski definition) is 14. The number of urea groups is 1. The number of nitrogens with one attached hydrogen (secondary N) is 2. The second kappa shape index (κ2) is 16.4. The fourth-order valence-corrected chi connectivity index (χ4v) is 5.58. The van der Waals surface area contributed by atoms with Gasteiger partial charge in [-0.05, 0) is 67.6 Å². The minimum Gasteiger partial charge on any atom is -0.493 e. The number of nitrogen functional groups attached to an aromatic ring is 1. The first kappa shape index (κ1) is 35.9. The van der Waals surface area contributed by atoms with Gasteiger partial charge in [0, 0.05) is 34.6 Å². The molecular formula is C37H34N8O7S. The molecule has 0 aliphatic heterocycles. The zero-order chi connectivity index (χ0) is 37.3. The van der Waals surface area contributed by atoms with Crippen molar-refractivity contribution in [1.82, 2.24) is 24.9 Å². The number of aromatic nitrogens is 5. The molecule has 0 saturated carbocycles. The fourth-order valence-electron chi connectivity index (χ4n) is 4.92. The van der Waals surface area contributed by atoms with Gasteiger partial charge in [0.2, 0.25) is 11.8 Å². The molecule has 53 heavy (non-hydrogen) atoms. The summed E-state index contributed by atoms with van der Waals surface area (Å²) < 4.78 is 33.0.